The maximum Gasteiger partial charge on any atom is 0.494 e. The minimum Gasteiger partial charge on any atom is -0.399 e. The van der Waals surface area contributed by atoms with Crippen LogP contribution in [0.25, 0.3) is 6.08 Å². The summed E-state index contributed by atoms with van der Waals surface area (Å²) in [5.74, 6) is 0. The van der Waals surface area contributed by atoms with Gasteiger partial charge < -0.3 is 9.31 Å². The smallest absolute Gasteiger partial charge is 0.399 e. The van der Waals surface area contributed by atoms with Gasteiger partial charge in [0.25, 0.3) is 0 Å². The summed E-state index contributed by atoms with van der Waals surface area (Å²) in [6.45, 7) is 13.0. The average Bonchev–Trinajstić information content (AvgIpc) is 2.84. The molecule has 0 radical (unpaired) electrons. The Morgan fingerprint density at radius 2 is 1.52 bits per heavy atom. The number of rotatable bonds is 9. The highest BCUT2D eigenvalue weighted by molar-refractivity contribution is 6.56. The van der Waals surface area contributed by atoms with Crippen molar-refractivity contribution in [2.45, 2.75) is 91.3 Å². The Hall–Kier alpha value is -1.32. The summed E-state index contributed by atoms with van der Waals surface area (Å²) in [5.41, 5.74) is 3.17. The van der Waals surface area contributed by atoms with E-state index in [9.17, 15) is 0 Å². The zero-order valence-electron chi connectivity index (χ0n) is 18.2. The van der Waals surface area contributed by atoms with E-state index in [1.54, 1.807) is 0 Å². The standard InChI is InChI=1S/C24H37BO2/c1-7-9-12-18-22(25-26-23(3,4)24(5,6)27-25)21(17-10-8-2)19-20-15-13-11-14-16-20/h11,13-16,18-19H,7-10,12,17H2,1-6H3/b21-19-,22-18-. The van der Waals surface area contributed by atoms with E-state index in [0.29, 0.717) is 0 Å². The van der Waals surface area contributed by atoms with E-state index in [-0.39, 0.29) is 18.3 Å². The molecule has 0 amide bonds. The Morgan fingerprint density at radius 1 is 0.926 bits per heavy atom. The highest BCUT2D eigenvalue weighted by atomic mass is 16.7. The molecule has 1 aliphatic rings. The SMILES string of the molecule is CCCC/C=C(B1OC(C)(C)C(C)(C)O1)/C(=C\c1ccccc1)CCCC. The molecular weight excluding hydrogens is 331 g/mol. The Kier molecular flexibility index (Phi) is 7.94. The van der Waals surface area contributed by atoms with Crippen molar-refractivity contribution in [1.29, 1.82) is 0 Å². The molecule has 1 fully saturated rings. The van der Waals surface area contributed by atoms with Crippen molar-refractivity contribution in [3.8, 4) is 0 Å². The Labute approximate surface area is 167 Å². The molecule has 1 heterocycles. The van der Waals surface area contributed by atoms with Crippen molar-refractivity contribution in [3.63, 3.8) is 0 Å². The third-order valence-corrected chi connectivity index (χ3v) is 5.74. The van der Waals surface area contributed by atoms with Gasteiger partial charge in [-0.1, -0.05) is 75.6 Å². The van der Waals surface area contributed by atoms with Gasteiger partial charge in [0.05, 0.1) is 11.2 Å². The molecular formula is C24H37BO2. The quantitative estimate of drug-likeness (QED) is 0.265. The zero-order chi connectivity index (χ0) is 19.9. The van der Waals surface area contributed by atoms with E-state index in [1.807, 2.05) is 0 Å². The molecule has 0 aromatic heterocycles. The fourth-order valence-corrected chi connectivity index (χ4v) is 3.23. The first-order valence-electron chi connectivity index (χ1n) is 10.6. The second kappa shape index (κ2) is 9.75. The number of hydrogen-bond donors (Lipinski definition) is 0. The molecule has 2 nitrogen and oxygen atoms in total. The Morgan fingerprint density at radius 3 is 2.07 bits per heavy atom. The minimum absolute atomic E-state index is 0.293. The normalized spacial score (nSPS) is 19.6. The summed E-state index contributed by atoms with van der Waals surface area (Å²) in [6, 6.07) is 10.6. The summed E-state index contributed by atoms with van der Waals surface area (Å²) in [5, 5.41) is 0. The van der Waals surface area contributed by atoms with Crippen molar-refractivity contribution in [1.82, 2.24) is 0 Å². The molecule has 1 saturated heterocycles. The summed E-state index contributed by atoms with van der Waals surface area (Å²) < 4.78 is 12.8. The van der Waals surface area contributed by atoms with Crippen molar-refractivity contribution in [2.75, 3.05) is 0 Å². The van der Waals surface area contributed by atoms with Gasteiger partial charge in [0.15, 0.2) is 0 Å². The Balaban J connectivity index is 2.39. The molecule has 0 bridgehead atoms. The van der Waals surface area contributed by atoms with Gasteiger partial charge in [-0.3, -0.25) is 0 Å². The largest absolute Gasteiger partial charge is 0.494 e. The number of hydrogen-bond acceptors (Lipinski definition) is 2. The van der Waals surface area contributed by atoms with Crippen LogP contribution in [0.15, 0.2) is 47.5 Å². The van der Waals surface area contributed by atoms with E-state index < -0.39 is 0 Å². The van der Waals surface area contributed by atoms with Gasteiger partial charge in [-0.2, -0.15) is 0 Å². The lowest BCUT2D eigenvalue weighted by Gasteiger charge is -2.32. The molecule has 3 heteroatoms. The van der Waals surface area contributed by atoms with Crippen LogP contribution in [0.5, 0.6) is 0 Å². The Bertz CT molecular complexity index is 628. The summed E-state index contributed by atoms with van der Waals surface area (Å²) >= 11 is 0. The number of allylic oxidation sites excluding steroid dienone is 3. The average molecular weight is 368 g/mol. The van der Waals surface area contributed by atoms with Crippen LogP contribution in [0.3, 0.4) is 0 Å². The van der Waals surface area contributed by atoms with E-state index in [4.69, 9.17) is 9.31 Å². The first-order valence-corrected chi connectivity index (χ1v) is 10.6. The van der Waals surface area contributed by atoms with Crippen LogP contribution in [-0.4, -0.2) is 18.3 Å². The second-order valence-electron chi connectivity index (χ2n) is 8.57. The molecule has 1 aromatic carbocycles. The van der Waals surface area contributed by atoms with Crippen LogP contribution in [0.1, 0.15) is 85.6 Å². The predicted octanol–water partition coefficient (Wildman–Crippen LogP) is 7.01. The molecule has 1 aliphatic heterocycles. The topological polar surface area (TPSA) is 18.5 Å². The first-order chi connectivity index (χ1) is 12.8. The van der Waals surface area contributed by atoms with Crippen LogP contribution in [-0.2, 0) is 9.31 Å². The van der Waals surface area contributed by atoms with Gasteiger partial charge in [-0.25, -0.2) is 0 Å². The minimum atomic E-state index is -0.315. The van der Waals surface area contributed by atoms with Crippen LogP contribution in [0.4, 0.5) is 0 Å². The van der Waals surface area contributed by atoms with E-state index in [0.717, 1.165) is 12.8 Å². The second-order valence-corrected chi connectivity index (χ2v) is 8.57. The van der Waals surface area contributed by atoms with Crippen molar-refractivity contribution < 1.29 is 9.31 Å². The summed E-state index contributed by atoms with van der Waals surface area (Å²) in [4.78, 5) is 0. The maximum atomic E-state index is 6.42. The summed E-state index contributed by atoms with van der Waals surface area (Å²) in [7, 11) is -0.293. The first kappa shape index (κ1) is 22.0. The molecule has 0 saturated carbocycles. The maximum absolute atomic E-state index is 6.42. The molecule has 2 rings (SSSR count). The molecule has 27 heavy (non-hydrogen) atoms. The highest BCUT2D eigenvalue weighted by Crippen LogP contribution is 2.40. The number of unbranched alkanes of at least 4 members (excludes halogenated alkanes) is 3. The van der Waals surface area contributed by atoms with E-state index >= 15 is 0 Å². The molecule has 1 aromatic rings. The molecule has 0 aliphatic carbocycles. The van der Waals surface area contributed by atoms with Gasteiger partial charge in [0, 0.05) is 0 Å². The highest BCUT2D eigenvalue weighted by Gasteiger charge is 2.52. The van der Waals surface area contributed by atoms with E-state index in [1.165, 1.54) is 42.3 Å². The lowest BCUT2D eigenvalue weighted by molar-refractivity contribution is 0.00578. The molecule has 0 spiro atoms. The third-order valence-electron chi connectivity index (χ3n) is 5.74. The molecule has 148 valence electrons. The lowest BCUT2D eigenvalue weighted by atomic mass is 9.71. The predicted molar refractivity (Wildman–Crippen MR) is 118 cm³/mol. The third kappa shape index (κ3) is 5.83. The van der Waals surface area contributed by atoms with Crippen LogP contribution in [0.2, 0.25) is 0 Å². The van der Waals surface area contributed by atoms with Gasteiger partial charge in [-0.15, -0.1) is 0 Å². The van der Waals surface area contributed by atoms with E-state index in [2.05, 4.69) is 84.0 Å². The molecule has 0 unspecified atom stereocenters. The van der Waals surface area contributed by atoms with Crippen LogP contribution >= 0.6 is 0 Å². The van der Waals surface area contributed by atoms with Crippen molar-refractivity contribution >= 4 is 13.2 Å². The van der Waals surface area contributed by atoms with Crippen molar-refractivity contribution in [2.24, 2.45) is 0 Å². The lowest BCUT2D eigenvalue weighted by Crippen LogP contribution is -2.41. The van der Waals surface area contributed by atoms with Gasteiger partial charge >= 0.3 is 7.12 Å². The molecule has 0 atom stereocenters. The van der Waals surface area contributed by atoms with Crippen molar-refractivity contribution in [3.05, 3.63) is 53.0 Å². The van der Waals surface area contributed by atoms with Gasteiger partial charge in [-0.05, 0) is 63.6 Å². The number of benzene rings is 1. The monoisotopic (exact) mass is 368 g/mol. The molecule has 0 N–H and O–H groups in total. The zero-order valence-corrected chi connectivity index (χ0v) is 18.2. The fourth-order valence-electron chi connectivity index (χ4n) is 3.23. The van der Waals surface area contributed by atoms with Gasteiger partial charge in [0.2, 0.25) is 0 Å². The summed E-state index contributed by atoms with van der Waals surface area (Å²) in [6.07, 6.45) is 11.5. The fraction of sp³-hybridized carbons (Fsp3) is 0.583. The van der Waals surface area contributed by atoms with Crippen LogP contribution in [0, 0.1) is 0 Å². The van der Waals surface area contributed by atoms with Gasteiger partial charge in [0.1, 0.15) is 0 Å². The van der Waals surface area contributed by atoms with Crippen LogP contribution < -0.4 is 0 Å².